The molecule has 0 atom stereocenters. The number of imidazole rings is 1. The summed E-state index contributed by atoms with van der Waals surface area (Å²) in [6.07, 6.45) is 6.48. The van der Waals surface area contributed by atoms with Crippen molar-refractivity contribution < 1.29 is 13.2 Å². The highest BCUT2D eigenvalue weighted by Crippen LogP contribution is 2.28. The molecule has 0 N–H and O–H groups in total. The van der Waals surface area contributed by atoms with Crippen LogP contribution in [-0.2, 0) is 10.0 Å². The first kappa shape index (κ1) is 22.1. The van der Waals surface area contributed by atoms with E-state index in [4.69, 9.17) is 0 Å². The Labute approximate surface area is 195 Å². The van der Waals surface area contributed by atoms with E-state index in [0.29, 0.717) is 31.7 Å². The molecule has 33 heavy (non-hydrogen) atoms. The quantitative estimate of drug-likeness (QED) is 0.587. The van der Waals surface area contributed by atoms with E-state index < -0.39 is 10.0 Å². The van der Waals surface area contributed by atoms with Crippen LogP contribution in [0.1, 0.15) is 48.2 Å². The van der Waals surface area contributed by atoms with Gasteiger partial charge < -0.3 is 4.90 Å². The molecule has 1 aromatic carbocycles. The second kappa shape index (κ2) is 8.91. The van der Waals surface area contributed by atoms with Gasteiger partial charge in [0.2, 0.25) is 10.0 Å². The number of carbonyl (C=O) groups excluding carboxylic acids is 1. The van der Waals surface area contributed by atoms with Crippen LogP contribution in [0.25, 0.3) is 16.9 Å². The van der Waals surface area contributed by atoms with E-state index in [-0.39, 0.29) is 11.2 Å². The molecule has 2 aliphatic rings. The largest absolute Gasteiger partial charge is 0.336 e. The maximum atomic E-state index is 13.3. The van der Waals surface area contributed by atoms with E-state index in [0.717, 1.165) is 54.7 Å². The van der Waals surface area contributed by atoms with Crippen LogP contribution in [0.4, 0.5) is 0 Å². The molecule has 1 saturated heterocycles. The highest BCUT2D eigenvalue weighted by atomic mass is 32.2. The molecule has 1 aliphatic carbocycles. The van der Waals surface area contributed by atoms with Gasteiger partial charge in [-0.1, -0.05) is 49.6 Å². The van der Waals surface area contributed by atoms with Gasteiger partial charge in [0.25, 0.3) is 5.91 Å². The molecule has 2 aromatic heterocycles. The van der Waals surface area contributed by atoms with Crippen molar-refractivity contribution in [3.05, 3.63) is 59.9 Å². The van der Waals surface area contributed by atoms with Crippen LogP contribution in [0, 0.1) is 6.92 Å². The second-order valence-corrected chi connectivity index (χ2v) is 11.3. The molecule has 8 heteroatoms. The molecule has 7 nitrogen and oxygen atoms in total. The van der Waals surface area contributed by atoms with Crippen molar-refractivity contribution in [1.82, 2.24) is 18.6 Å². The third kappa shape index (κ3) is 4.17. The molecule has 174 valence electrons. The van der Waals surface area contributed by atoms with Crippen LogP contribution in [0.2, 0.25) is 0 Å². The number of piperazine rings is 1. The Morgan fingerprint density at radius 1 is 0.939 bits per heavy atom. The van der Waals surface area contributed by atoms with E-state index in [1.807, 2.05) is 60.0 Å². The van der Waals surface area contributed by atoms with Crippen LogP contribution >= 0.6 is 0 Å². The average molecular weight is 467 g/mol. The van der Waals surface area contributed by atoms with Gasteiger partial charge in [-0.15, -0.1) is 0 Å². The van der Waals surface area contributed by atoms with Crippen molar-refractivity contribution >= 4 is 21.6 Å². The summed E-state index contributed by atoms with van der Waals surface area (Å²) in [6, 6.07) is 13.7. The van der Waals surface area contributed by atoms with E-state index in [1.165, 1.54) is 0 Å². The molecule has 1 aliphatic heterocycles. The zero-order valence-electron chi connectivity index (χ0n) is 19.0. The molecule has 0 spiro atoms. The number of rotatable bonds is 4. The van der Waals surface area contributed by atoms with Crippen molar-refractivity contribution in [1.29, 1.82) is 0 Å². The second-order valence-electron chi connectivity index (χ2n) is 9.05. The number of hydrogen-bond acceptors (Lipinski definition) is 4. The van der Waals surface area contributed by atoms with E-state index >= 15 is 0 Å². The van der Waals surface area contributed by atoms with Crippen molar-refractivity contribution in [2.45, 2.75) is 44.3 Å². The Morgan fingerprint density at radius 2 is 1.64 bits per heavy atom. The molecular weight excluding hydrogens is 436 g/mol. The van der Waals surface area contributed by atoms with Gasteiger partial charge in [0.1, 0.15) is 5.65 Å². The molecule has 3 aromatic rings. The third-order valence-corrected chi connectivity index (χ3v) is 9.34. The maximum Gasteiger partial charge on any atom is 0.255 e. The summed E-state index contributed by atoms with van der Waals surface area (Å²) in [5, 5.41) is -0.253. The van der Waals surface area contributed by atoms with Crippen molar-refractivity contribution in [3.8, 4) is 11.3 Å². The van der Waals surface area contributed by atoms with Crippen LogP contribution in [0.15, 0.2) is 48.7 Å². The summed E-state index contributed by atoms with van der Waals surface area (Å²) >= 11 is 0. The third-order valence-electron chi connectivity index (χ3n) is 6.95. The number of benzene rings is 1. The standard InChI is InChI=1S/C25H30N4O3S/c1-19-24(20-8-4-2-5-9-20)29-18-21(12-13-23(29)26-19)25(30)27-14-16-28(17-15-27)33(31,32)22-10-6-3-7-11-22/h2,4-5,8-9,12-13,18,22H,3,6-7,10-11,14-17H2,1H3. The number of nitrogens with zero attached hydrogens (tertiary/aromatic N) is 4. The van der Waals surface area contributed by atoms with Crippen molar-refractivity contribution in [2.24, 2.45) is 0 Å². The topological polar surface area (TPSA) is 75.0 Å². The number of hydrogen-bond donors (Lipinski definition) is 0. The molecule has 5 rings (SSSR count). The maximum absolute atomic E-state index is 13.3. The summed E-state index contributed by atoms with van der Waals surface area (Å²) in [7, 11) is -3.28. The van der Waals surface area contributed by atoms with Crippen molar-refractivity contribution in [2.75, 3.05) is 26.2 Å². The molecule has 0 radical (unpaired) electrons. The van der Waals surface area contributed by atoms with Gasteiger partial charge >= 0.3 is 0 Å². The molecule has 2 fully saturated rings. The van der Waals surface area contributed by atoms with Gasteiger partial charge in [-0.25, -0.2) is 13.4 Å². The summed E-state index contributed by atoms with van der Waals surface area (Å²) in [5.74, 6) is -0.0722. The van der Waals surface area contributed by atoms with E-state index in [2.05, 4.69) is 4.98 Å². The summed E-state index contributed by atoms with van der Waals surface area (Å²) in [6.45, 7) is 3.54. The zero-order chi connectivity index (χ0) is 23.0. The Bertz CT molecular complexity index is 1260. The molecule has 1 saturated carbocycles. The van der Waals surface area contributed by atoms with Gasteiger partial charge in [0.15, 0.2) is 0 Å². The number of sulfonamides is 1. The molecular formula is C25H30N4O3S. The molecule has 0 unspecified atom stereocenters. The number of pyridine rings is 1. The zero-order valence-corrected chi connectivity index (χ0v) is 19.8. The number of carbonyl (C=O) groups is 1. The Morgan fingerprint density at radius 3 is 2.33 bits per heavy atom. The lowest BCUT2D eigenvalue weighted by atomic mass is 10.0. The fourth-order valence-corrected chi connectivity index (χ4v) is 7.16. The first-order chi connectivity index (χ1) is 15.9. The number of aromatic nitrogens is 2. The minimum atomic E-state index is -3.28. The minimum absolute atomic E-state index is 0.0722. The fraction of sp³-hybridized carbons (Fsp3) is 0.440. The number of fused-ring (bicyclic) bond motifs is 1. The lowest BCUT2D eigenvalue weighted by molar-refractivity contribution is 0.0696. The minimum Gasteiger partial charge on any atom is -0.336 e. The molecule has 3 heterocycles. The van der Waals surface area contributed by atoms with Gasteiger partial charge in [-0.3, -0.25) is 9.20 Å². The molecule has 0 bridgehead atoms. The van der Waals surface area contributed by atoms with Crippen molar-refractivity contribution in [3.63, 3.8) is 0 Å². The smallest absolute Gasteiger partial charge is 0.255 e. The van der Waals surface area contributed by atoms with Gasteiger partial charge in [0, 0.05) is 37.9 Å². The number of amides is 1. The van der Waals surface area contributed by atoms with Gasteiger partial charge in [-0.05, 0) is 31.9 Å². The monoisotopic (exact) mass is 466 g/mol. The Kier molecular flexibility index (Phi) is 5.97. The average Bonchev–Trinajstić information content (AvgIpc) is 3.19. The van der Waals surface area contributed by atoms with E-state index in [1.54, 1.807) is 9.21 Å². The first-order valence-electron chi connectivity index (χ1n) is 11.8. The predicted octanol–water partition coefficient (Wildman–Crippen LogP) is 3.73. The summed E-state index contributed by atoms with van der Waals surface area (Å²) in [4.78, 5) is 19.7. The normalized spacial score (nSPS) is 18.6. The molecule has 1 amide bonds. The van der Waals surface area contributed by atoms with Gasteiger partial charge in [-0.2, -0.15) is 4.31 Å². The van der Waals surface area contributed by atoms with E-state index in [9.17, 15) is 13.2 Å². The highest BCUT2D eigenvalue weighted by Gasteiger charge is 2.35. The van der Waals surface area contributed by atoms with Crippen LogP contribution in [0.3, 0.4) is 0 Å². The summed E-state index contributed by atoms with van der Waals surface area (Å²) < 4.78 is 29.6. The Hall–Kier alpha value is -2.71. The number of aryl methyl sites for hydroxylation is 1. The SMILES string of the molecule is Cc1nc2ccc(C(=O)N3CCN(S(=O)(=O)C4CCCCC4)CC3)cn2c1-c1ccccc1. The lowest BCUT2D eigenvalue weighted by Gasteiger charge is -2.36. The fourth-order valence-electron chi connectivity index (χ4n) is 5.13. The van der Waals surface area contributed by atoms with Crippen LogP contribution in [0.5, 0.6) is 0 Å². The van der Waals surface area contributed by atoms with Gasteiger partial charge in [0.05, 0.1) is 22.2 Å². The first-order valence-corrected chi connectivity index (χ1v) is 13.3. The Balaban J connectivity index is 1.34. The lowest BCUT2D eigenvalue weighted by Crippen LogP contribution is -2.52. The summed E-state index contributed by atoms with van der Waals surface area (Å²) in [5.41, 5.74) is 4.32. The van der Waals surface area contributed by atoms with Crippen LogP contribution in [-0.4, -0.2) is 64.3 Å². The highest BCUT2D eigenvalue weighted by molar-refractivity contribution is 7.89. The predicted molar refractivity (Wildman–Crippen MR) is 129 cm³/mol. The van der Waals surface area contributed by atoms with Crippen LogP contribution < -0.4 is 0 Å².